The number of nitrogen functional groups attached to an aromatic ring is 1. The Morgan fingerprint density at radius 1 is 1.23 bits per heavy atom. The smallest absolute Gasteiger partial charge is 0.276 e. The Hall–Kier alpha value is -1.25. The van der Waals surface area contributed by atoms with Gasteiger partial charge >= 0.3 is 0 Å². The fraction of sp³-hybridized carbons (Fsp3) is 0.500. The third-order valence-electron chi connectivity index (χ3n) is 2.51. The molecule has 2 heterocycles. The normalized spacial score (nSPS) is 17.4. The molecule has 3 nitrogen and oxygen atoms in total. The molecule has 1 saturated heterocycles. The Labute approximate surface area is 78.6 Å². The number of aromatic amines is 1. The number of anilines is 2. The van der Waals surface area contributed by atoms with Crippen LogP contribution in [0, 0.1) is 0 Å². The van der Waals surface area contributed by atoms with E-state index in [1.54, 1.807) is 0 Å². The summed E-state index contributed by atoms with van der Waals surface area (Å²) in [6, 6.07) is 3.89. The maximum Gasteiger partial charge on any atom is 0.276 e. The highest BCUT2D eigenvalue weighted by molar-refractivity contribution is 5.46. The molecular formula is C10H16N3+. The lowest BCUT2D eigenvalue weighted by molar-refractivity contribution is -0.364. The van der Waals surface area contributed by atoms with Crippen molar-refractivity contribution in [2.45, 2.75) is 19.3 Å². The van der Waals surface area contributed by atoms with E-state index in [2.05, 4.69) is 9.88 Å². The second-order valence-corrected chi connectivity index (χ2v) is 3.55. The van der Waals surface area contributed by atoms with Gasteiger partial charge < -0.3 is 5.73 Å². The summed E-state index contributed by atoms with van der Waals surface area (Å²) in [5.41, 5.74) is 6.55. The summed E-state index contributed by atoms with van der Waals surface area (Å²) in [6.07, 6.45) is 5.85. The lowest BCUT2D eigenvalue weighted by Crippen LogP contribution is -2.33. The monoisotopic (exact) mass is 178 g/mol. The van der Waals surface area contributed by atoms with Crippen LogP contribution in [0.25, 0.3) is 0 Å². The molecule has 0 radical (unpaired) electrons. The predicted octanol–water partition coefficient (Wildman–Crippen LogP) is 1.07. The van der Waals surface area contributed by atoms with E-state index in [1.165, 1.54) is 19.3 Å². The van der Waals surface area contributed by atoms with E-state index in [9.17, 15) is 0 Å². The molecule has 1 aliphatic rings. The Morgan fingerprint density at radius 3 is 2.69 bits per heavy atom. The largest absolute Gasteiger partial charge is 0.398 e. The molecule has 1 aromatic heterocycles. The Bertz CT molecular complexity index is 279. The maximum absolute atomic E-state index is 5.72. The molecular weight excluding hydrogens is 162 g/mol. The van der Waals surface area contributed by atoms with Crippen LogP contribution in [0.5, 0.6) is 0 Å². The average molecular weight is 178 g/mol. The standard InChI is InChI=1S/C10H15N3/c11-9-4-5-12-10(8-9)13-6-2-1-3-7-13/h4-5,8H,1-3,6-7H2,(H2,11,12)/p+1. The summed E-state index contributed by atoms with van der Waals surface area (Å²) < 4.78 is 0. The van der Waals surface area contributed by atoms with Gasteiger partial charge in [0.2, 0.25) is 0 Å². The molecule has 2 rings (SSSR count). The summed E-state index contributed by atoms with van der Waals surface area (Å²) in [5.74, 6) is 1.15. The molecule has 1 aliphatic heterocycles. The van der Waals surface area contributed by atoms with Crippen molar-refractivity contribution in [3.63, 3.8) is 0 Å². The molecule has 1 aromatic rings. The van der Waals surface area contributed by atoms with Crippen molar-refractivity contribution in [3.8, 4) is 0 Å². The van der Waals surface area contributed by atoms with Crippen LogP contribution < -0.4 is 15.6 Å². The second-order valence-electron chi connectivity index (χ2n) is 3.55. The van der Waals surface area contributed by atoms with Crippen LogP contribution in [0.2, 0.25) is 0 Å². The van der Waals surface area contributed by atoms with Gasteiger partial charge in [0.15, 0.2) is 0 Å². The lowest BCUT2D eigenvalue weighted by Gasteiger charge is -2.20. The summed E-state index contributed by atoms with van der Waals surface area (Å²) in [5, 5.41) is 0. The highest BCUT2D eigenvalue weighted by atomic mass is 15.2. The summed E-state index contributed by atoms with van der Waals surface area (Å²) >= 11 is 0. The fourth-order valence-corrected chi connectivity index (χ4v) is 1.79. The van der Waals surface area contributed by atoms with Crippen molar-refractivity contribution in [3.05, 3.63) is 18.3 Å². The minimum atomic E-state index is 0.833. The predicted molar refractivity (Wildman–Crippen MR) is 53.5 cm³/mol. The number of nitrogens with zero attached hydrogens (tertiary/aromatic N) is 1. The average Bonchev–Trinajstić information content (AvgIpc) is 2.19. The Morgan fingerprint density at radius 2 is 2.00 bits per heavy atom. The number of hydrogen-bond acceptors (Lipinski definition) is 2. The third-order valence-corrected chi connectivity index (χ3v) is 2.51. The van der Waals surface area contributed by atoms with Crippen molar-refractivity contribution in [1.82, 2.24) is 0 Å². The number of hydrogen-bond donors (Lipinski definition) is 1. The van der Waals surface area contributed by atoms with Crippen LogP contribution >= 0.6 is 0 Å². The van der Waals surface area contributed by atoms with Crippen LogP contribution in [0.3, 0.4) is 0 Å². The number of aromatic nitrogens is 1. The van der Waals surface area contributed by atoms with Crippen molar-refractivity contribution < 1.29 is 4.98 Å². The van der Waals surface area contributed by atoms with Gasteiger partial charge in [0.1, 0.15) is 0 Å². The molecule has 70 valence electrons. The lowest BCUT2D eigenvalue weighted by atomic mass is 10.1. The van der Waals surface area contributed by atoms with E-state index >= 15 is 0 Å². The van der Waals surface area contributed by atoms with Crippen molar-refractivity contribution in [1.29, 1.82) is 0 Å². The molecule has 13 heavy (non-hydrogen) atoms. The van der Waals surface area contributed by atoms with E-state index in [0.717, 1.165) is 24.6 Å². The van der Waals surface area contributed by atoms with E-state index in [0.29, 0.717) is 0 Å². The first-order valence-corrected chi connectivity index (χ1v) is 4.88. The van der Waals surface area contributed by atoms with E-state index in [1.807, 2.05) is 18.3 Å². The first kappa shape index (κ1) is 8.35. The van der Waals surface area contributed by atoms with Crippen LogP contribution in [0.15, 0.2) is 18.3 Å². The Balaban J connectivity index is 2.14. The van der Waals surface area contributed by atoms with Gasteiger partial charge in [-0.3, -0.25) is 4.90 Å². The van der Waals surface area contributed by atoms with Gasteiger partial charge in [-0.25, -0.2) is 4.98 Å². The number of nitrogens with two attached hydrogens (primary N) is 1. The van der Waals surface area contributed by atoms with Crippen LogP contribution in [-0.2, 0) is 0 Å². The van der Waals surface area contributed by atoms with Crippen LogP contribution in [0.4, 0.5) is 11.5 Å². The van der Waals surface area contributed by atoms with Gasteiger partial charge in [0.25, 0.3) is 5.82 Å². The molecule has 1 fully saturated rings. The van der Waals surface area contributed by atoms with Crippen LogP contribution in [0.1, 0.15) is 19.3 Å². The van der Waals surface area contributed by atoms with Gasteiger partial charge in [-0.1, -0.05) is 0 Å². The maximum atomic E-state index is 5.72. The SMILES string of the molecule is Nc1cc[nH+]c(N2CCCCC2)c1. The minimum Gasteiger partial charge on any atom is -0.398 e. The van der Waals surface area contributed by atoms with E-state index < -0.39 is 0 Å². The fourth-order valence-electron chi connectivity index (χ4n) is 1.79. The zero-order chi connectivity index (χ0) is 9.10. The number of piperidine rings is 1. The van der Waals surface area contributed by atoms with Crippen molar-refractivity contribution in [2.24, 2.45) is 0 Å². The van der Waals surface area contributed by atoms with Gasteiger partial charge in [-0.15, -0.1) is 0 Å². The van der Waals surface area contributed by atoms with Gasteiger partial charge in [-0.2, -0.15) is 0 Å². The van der Waals surface area contributed by atoms with Gasteiger partial charge in [0, 0.05) is 11.8 Å². The molecule has 0 spiro atoms. The highest BCUT2D eigenvalue weighted by Crippen LogP contribution is 2.16. The zero-order valence-corrected chi connectivity index (χ0v) is 7.79. The zero-order valence-electron chi connectivity index (χ0n) is 7.79. The number of H-pyrrole nitrogens is 1. The van der Waals surface area contributed by atoms with Crippen molar-refractivity contribution in [2.75, 3.05) is 23.7 Å². The summed E-state index contributed by atoms with van der Waals surface area (Å²) in [4.78, 5) is 5.59. The number of rotatable bonds is 1. The Kier molecular flexibility index (Phi) is 2.34. The third kappa shape index (κ3) is 1.91. The van der Waals surface area contributed by atoms with Crippen LogP contribution in [-0.4, -0.2) is 13.1 Å². The summed E-state index contributed by atoms with van der Waals surface area (Å²) in [6.45, 7) is 2.31. The molecule has 3 heteroatoms. The first-order chi connectivity index (χ1) is 6.36. The highest BCUT2D eigenvalue weighted by Gasteiger charge is 2.18. The molecule has 0 amide bonds. The number of pyridine rings is 1. The molecule has 0 unspecified atom stereocenters. The molecule has 0 atom stereocenters. The first-order valence-electron chi connectivity index (χ1n) is 4.88. The number of nitrogens with one attached hydrogen (secondary N) is 1. The van der Waals surface area contributed by atoms with Gasteiger partial charge in [0.05, 0.1) is 25.4 Å². The summed E-state index contributed by atoms with van der Waals surface area (Å²) in [7, 11) is 0. The molecule has 0 bridgehead atoms. The minimum absolute atomic E-state index is 0.833. The topological polar surface area (TPSA) is 43.4 Å². The van der Waals surface area contributed by atoms with E-state index in [4.69, 9.17) is 5.73 Å². The molecule has 3 N–H and O–H groups in total. The van der Waals surface area contributed by atoms with Crippen molar-refractivity contribution >= 4 is 11.5 Å². The van der Waals surface area contributed by atoms with Gasteiger partial charge in [-0.05, 0) is 19.3 Å². The van der Waals surface area contributed by atoms with E-state index in [-0.39, 0.29) is 0 Å². The molecule has 0 saturated carbocycles. The quantitative estimate of drug-likeness (QED) is 0.699. The second kappa shape index (κ2) is 3.64. The molecule has 0 aliphatic carbocycles. The molecule has 0 aromatic carbocycles.